The van der Waals surface area contributed by atoms with E-state index >= 15 is 0 Å². The Bertz CT molecular complexity index is 587. The number of halogens is 1. The molecule has 0 amide bonds. The lowest BCUT2D eigenvalue weighted by atomic mass is 10.0. The van der Waals surface area contributed by atoms with Gasteiger partial charge in [0.25, 0.3) is 0 Å². The Morgan fingerprint density at radius 3 is 2.14 bits per heavy atom. The van der Waals surface area contributed by atoms with E-state index in [1.54, 1.807) is 18.2 Å². The van der Waals surface area contributed by atoms with Crippen LogP contribution in [0.2, 0.25) is 0 Å². The maximum Gasteiger partial charge on any atom is 0.129 e. The fourth-order valence-electron chi connectivity index (χ4n) is 2.99. The predicted octanol–water partition coefficient (Wildman–Crippen LogP) is 2.96. The summed E-state index contributed by atoms with van der Waals surface area (Å²) in [6.07, 6.45) is 1.20. The van der Waals surface area contributed by atoms with E-state index < -0.39 is 6.10 Å². The van der Waals surface area contributed by atoms with Crippen molar-refractivity contribution in [1.82, 2.24) is 4.90 Å². The standard InChI is InChI=1S/C18H20FNO/c19-17-8-4-3-7-16(17)18(21)13-20-11-9-14-5-1-2-6-15(14)10-12-20/h1-8,18,21H,9-13H2. The summed E-state index contributed by atoms with van der Waals surface area (Å²) in [5.41, 5.74) is 3.17. The van der Waals surface area contributed by atoms with Crippen molar-refractivity contribution in [2.75, 3.05) is 19.6 Å². The molecule has 1 heterocycles. The van der Waals surface area contributed by atoms with Crippen molar-refractivity contribution in [3.8, 4) is 0 Å². The van der Waals surface area contributed by atoms with Crippen molar-refractivity contribution < 1.29 is 9.50 Å². The molecule has 2 aromatic rings. The molecule has 3 rings (SSSR count). The Morgan fingerprint density at radius 2 is 1.52 bits per heavy atom. The Morgan fingerprint density at radius 1 is 0.952 bits per heavy atom. The predicted molar refractivity (Wildman–Crippen MR) is 81.6 cm³/mol. The highest BCUT2D eigenvalue weighted by molar-refractivity contribution is 5.28. The van der Waals surface area contributed by atoms with Crippen LogP contribution in [0.3, 0.4) is 0 Å². The zero-order valence-corrected chi connectivity index (χ0v) is 12.0. The highest BCUT2D eigenvalue weighted by Gasteiger charge is 2.19. The summed E-state index contributed by atoms with van der Waals surface area (Å²) in [5.74, 6) is -0.330. The van der Waals surface area contributed by atoms with Gasteiger partial charge in [0.1, 0.15) is 5.82 Å². The van der Waals surface area contributed by atoms with Gasteiger partial charge in [-0.1, -0.05) is 42.5 Å². The van der Waals surface area contributed by atoms with E-state index in [0.717, 1.165) is 25.9 Å². The van der Waals surface area contributed by atoms with E-state index in [0.29, 0.717) is 12.1 Å². The van der Waals surface area contributed by atoms with Crippen LogP contribution >= 0.6 is 0 Å². The van der Waals surface area contributed by atoms with Crippen molar-refractivity contribution in [3.05, 3.63) is 71.0 Å². The summed E-state index contributed by atoms with van der Waals surface area (Å²) in [5, 5.41) is 10.3. The normalized spacial score (nSPS) is 17.0. The van der Waals surface area contributed by atoms with Crippen molar-refractivity contribution in [2.45, 2.75) is 18.9 Å². The summed E-state index contributed by atoms with van der Waals surface area (Å²) < 4.78 is 13.7. The lowest BCUT2D eigenvalue weighted by molar-refractivity contribution is 0.112. The van der Waals surface area contributed by atoms with E-state index in [4.69, 9.17) is 0 Å². The molecule has 1 unspecified atom stereocenters. The van der Waals surface area contributed by atoms with Gasteiger partial charge in [-0.3, -0.25) is 4.90 Å². The molecule has 1 aliphatic rings. The SMILES string of the molecule is OC(CN1CCc2ccccc2CC1)c1ccccc1F. The van der Waals surface area contributed by atoms with E-state index in [1.165, 1.54) is 17.2 Å². The summed E-state index contributed by atoms with van der Waals surface area (Å²) >= 11 is 0. The van der Waals surface area contributed by atoms with Gasteiger partial charge in [-0.2, -0.15) is 0 Å². The largest absolute Gasteiger partial charge is 0.387 e. The topological polar surface area (TPSA) is 23.5 Å². The monoisotopic (exact) mass is 285 g/mol. The molecule has 21 heavy (non-hydrogen) atoms. The molecule has 1 aliphatic heterocycles. The smallest absolute Gasteiger partial charge is 0.129 e. The van der Waals surface area contributed by atoms with E-state index in [9.17, 15) is 9.50 Å². The minimum Gasteiger partial charge on any atom is -0.387 e. The summed E-state index contributed by atoms with van der Waals surface area (Å²) in [6, 6.07) is 15.0. The third-order valence-electron chi connectivity index (χ3n) is 4.21. The first-order valence-corrected chi connectivity index (χ1v) is 7.45. The molecule has 1 N–H and O–H groups in total. The van der Waals surface area contributed by atoms with Crippen LogP contribution in [0.1, 0.15) is 22.8 Å². The third-order valence-corrected chi connectivity index (χ3v) is 4.21. The minimum atomic E-state index is -0.771. The van der Waals surface area contributed by atoms with Gasteiger partial charge in [0.15, 0.2) is 0 Å². The van der Waals surface area contributed by atoms with Crippen LogP contribution < -0.4 is 0 Å². The third kappa shape index (κ3) is 3.31. The lowest BCUT2D eigenvalue weighted by Gasteiger charge is -2.23. The Labute approximate surface area is 124 Å². The molecule has 0 spiro atoms. The molecular formula is C18H20FNO. The van der Waals surface area contributed by atoms with E-state index in [-0.39, 0.29) is 5.82 Å². The summed E-state index contributed by atoms with van der Waals surface area (Å²) in [6.45, 7) is 2.29. The maximum absolute atomic E-state index is 13.7. The Balaban J connectivity index is 1.66. The fourth-order valence-corrected chi connectivity index (χ4v) is 2.99. The average molecular weight is 285 g/mol. The molecule has 0 aliphatic carbocycles. The van der Waals surface area contributed by atoms with Crippen LogP contribution in [0.4, 0.5) is 4.39 Å². The molecule has 0 radical (unpaired) electrons. The van der Waals surface area contributed by atoms with Crippen LogP contribution in [0.5, 0.6) is 0 Å². The van der Waals surface area contributed by atoms with Gasteiger partial charge in [-0.15, -0.1) is 0 Å². The molecule has 2 nitrogen and oxygen atoms in total. The van der Waals surface area contributed by atoms with Gasteiger partial charge in [0.2, 0.25) is 0 Å². The first-order chi connectivity index (χ1) is 10.2. The summed E-state index contributed by atoms with van der Waals surface area (Å²) in [7, 11) is 0. The van der Waals surface area contributed by atoms with Gasteiger partial charge < -0.3 is 5.11 Å². The second kappa shape index (κ2) is 6.37. The molecule has 0 fully saturated rings. The number of fused-ring (bicyclic) bond motifs is 1. The van der Waals surface area contributed by atoms with Gasteiger partial charge >= 0.3 is 0 Å². The highest BCUT2D eigenvalue weighted by Crippen LogP contribution is 2.20. The number of hydrogen-bond acceptors (Lipinski definition) is 2. The van der Waals surface area contributed by atoms with Crippen molar-refractivity contribution in [1.29, 1.82) is 0 Å². The van der Waals surface area contributed by atoms with Gasteiger partial charge in [0, 0.05) is 25.2 Å². The number of aliphatic hydroxyl groups is 1. The molecule has 0 aromatic heterocycles. The molecule has 0 bridgehead atoms. The summed E-state index contributed by atoms with van der Waals surface area (Å²) in [4.78, 5) is 2.22. The number of rotatable bonds is 3. The van der Waals surface area contributed by atoms with Crippen molar-refractivity contribution in [3.63, 3.8) is 0 Å². The van der Waals surface area contributed by atoms with Gasteiger partial charge in [-0.05, 0) is 30.0 Å². The molecule has 1 atom stereocenters. The second-order valence-corrected chi connectivity index (χ2v) is 5.61. The number of β-amino-alcohol motifs (C(OH)–C–C–N with tert-alkyl or cyclic N) is 1. The molecule has 110 valence electrons. The van der Waals surface area contributed by atoms with Crippen molar-refractivity contribution >= 4 is 0 Å². The first kappa shape index (κ1) is 14.2. The first-order valence-electron chi connectivity index (χ1n) is 7.45. The molecule has 2 aromatic carbocycles. The molecular weight excluding hydrogens is 265 g/mol. The quantitative estimate of drug-likeness (QED) is 0.937. The zero-order chi connectivity index (χ0) is 14.7. The number of benzene rings is 2. The van der Waals surface area contributed by atoms with E-state index in [2.05, 4.69) is 29.2 Å². The van der Waals surface area contributed by atoms with Crippen LogP contribution in [0, 0.1) is 5.82 Å². The van der Waals surface area contributed by atoms with Crippen molar-refractivity contribution in [2.24, 2.45) is 0 Å². The van der Waals surface area contributed by atoms with Crippen LogP contribution in [-0.2, 0) is 12.8 Å². The van der Waals surface area contributed by atoms with Gasteiger partial charge in [-0.25, -0.2) is 4.39 Å². The molecule has 0 saturated carbocycles. The molecule has 0 saturated heterocycles. The number of nitrogens with zero attached hydrogens (tertiary/aromatic N) is 1. The number of aliphatic hydroxyl groups excluding tert-OH is 1. The average Bonchev–Trinajstić information content (AvgIpc) is 2.70. The lowest BCUT2D eigenvalue weighted by Crippen LogP contribution is -2.31. The van der Waals surface area contributed by atoms with Gasteiger partial charge in [0.05, 0.1) is 6.10 Å². The van der Waals surface area contributed by atoms with Crippen LogP contribution in [0.15, 0.2) is 48.5 Å². The maximum atomic E-state index is 13.7. The molecule has 3 heteroatoms. The van der Waals surface area contributed by atoms with Crippen LogP contribution in [-0.4, -0.2) is 29.6 Å². The number of hydrogen-bond donors (Lipinski definition) is 1. The Hall–Kier alpha value is -1.71. The Kier molecular flexibility index (Phi) is 4.32. The fraction of sp³-hybridized carbons (Fsp3) is 0.333. The van der Waals surface area contributed by atoms with E-state index in [1.807, 2.05) is 0 Å². The van der Waals surface area contributed by atoms with Crippen LogP contribution in [0.25, 0.3) is 0 Å². The second-order valence-electron chi connectivity index (χ2n) is 5.61. The minimum absolute atomic E-state index is 0.330. The zero-order valence-electron chi connectivity index (χ0n) is 12.0. The highest BCUT2D eigenvalue weighted by atomic mass is 19.1.